The van der Waals surface area contributed by atoms with Crippen LogP contribution in [0, 0.1) is 11.3 Å². The van der Waals surface area contributed by atoms with E-state index in [4.69, 9.17) is 11.6 Å². The topological polar surface area (TPSA) is 38.0 Å². The van der Waals surface area contributed by atoms with E-state index in [2.05, 4.69) is 18.9 Å². The van der Waals surface area contributed by atoms with Crippen LogP contribution < -0.4 is 0 Å². The van der Waals surface area contributed by atoms with Crippen molar-refractivity contribution in [3.63, 3.8) is 0 Å². The average molecular weight is 271 g/mol. The molecule has 1 aromatic heterocycles. The van der Waals surface area contributed by atoms with Gasteiger partial charge in [-0.15, -0.1) is 0 Å². The Morgan fingerprint density at radius 3 is 2.89 bits per heavy atom. The van der Waals surface area contributed by atoms with E-state index in [0.29, 0.717) is 5.02 Å². The number of halogens is 1. The molecule has 1 aromatic rings. The second-order valence-corrected chi connectivity index (χ2v) is 6.39. The van der Waals surface area contributed by atoms with E-state index >= 15 is 0 Å². The quantitative estimate of drug-likeness (QED) is 0.907. The summed E-state index contributed by atoms with van der Waals surface area (Å²) in [5.41, 5.74) is 0.961. The fraction of sp³-hybridized carbons (Fsp3) is 0.786. The number of aliphatic hydroxyl groups excluding tert-OH is 1. The van der Waals surface area contributed by atoms with Crippen molar-refractivity contribution in [1.29, 1.82) is 0 Å². The molecule has 4 heteroatoms. The molecule has 0 aliphatic heterocycles. The number of aliphatic hydroxyl groups is 1. The van der Waals surface area contributed by atoms with Gasteiger partial charge in [0.1, 0.15) is 6.10 Å². The van der Waals surface area contributed by atoms with E-state index < -0.39 is 6.10 Å². The highest BCUT2D eigenvalue weighted by Gasteiger charge is 2.39. The van der Waals surface area contributed by atoms with Gasteiger partial charge in [-0.2, -0.15) is 5.10 Å². The lowest BCUT2D eigenvalue weighted by Crippen LogP contribution is -2.33. The number of rotatable bonds is 3. The molecule has 0 saturated heterocycles. The molecule has 1 aliphatic rings. The summed E-state index contributed by atoms with van der Waals surface area (Å²) in [6.07, 6.45) is 5.83. The molecule has 1 saturated carbocycles. The zero-order chi connectivity index (χ0) is 13.3. The number of hydrogen-bond donors (Lipinski definition) is 1. The Hall–Kier alpha value is -0.540. The highest BCUT2D eigenvalue weighted by atomic mass is 35.5. The molecule has 0 spiro atoms. The molecule has 0 bridgehead atoms. The van der Waals surface area contributed by atoms with Crippen molar-refractivity contribution in [2.45, 2.75) is 59.1 Å². The van der Waals surface area contributed by atoms with Gasteiger partial charge in [0.05, 0.1) is 16.9 Å². The van der Waals surface area contributed by atoms with Crippen molar-refractivity contribution in [2.24, 2.45) is 11.3 Å². The summed E-state index contributed by atoms with van der Waals surface area (Å²) in [5.74, 6) is 0.269. The standard InChI is InChI=1S/C14H23ClN2O/c1-4-17-12(11(15)9-16-17)13(18)10-7-5-6-8-14(10,2)3/h9-10,13,18H,4-8H2,1-3H3. The summed E-state index contributed by atoms with van der Waals surface area (Å²) in [7, 11) is 0. The monoisotopic (exact) mass is 270 g/mol. The minimum absolute atomic E-state index is 0.170. The molecule has 2 atom stereocenters. The van der Waals surface area contributed by atoms with Gasteiger partial charge in [-0.25, -0.2) is 0 Å². The Morgan fingerprint density at radius 1 is 1.56 bits per heavy atom. The van der Waals surface area contributed by atoms with Crippen LogP contribution in [0.2, 0.25) is 5.02 Å². The lowest BCUT2D eigenvalue weighted by molar-refractivity contribution is -0.000910. The highest BCUT2D eigenvalue weighted by Crippen LogP contribution is 2.47. The molecular weight excluding hydrogens is 248 g/mol. The van der Waals surface area contributed by atoms with Crippen molar-refractivity contribution in [3.05, 3.63) is 16.9 Å². The summed E-state index contributed by atoms with van der Waals surface area (Å²) in [5, 5.41) is 15.5. The van der Waals surface area contributed by atoms with E-state index in [1.807, 2.05) is 11.6 Å². The summed E-state index contributed by atoms with van der Waals surface area (Å²) >= 11 is 6.19. The number of hydrogen-bond acceptors (Lipinski definition) is 2. The summed E-state index contributed by atoms with van der Waals surface area (Å²) in [6.45, 7) is 7.26. The Morgan fingerprint density at radius 2 is 2.28 bits per heavy atom. The van der Waals surface area contributed by atoms with Gasteiger partial charge in [-0.1, -0.05) is 38.3 Å². The van der Waals surface area contributed by atoms with Crippen molar-refractivity contribution < 1.29 is 5.11 Å². The molecule has 0 aromatic carbocycles. The Balaban J connectivity index is 2.29. The molecule has 102 valence electrons. The van der Waals surface area contributed by atoms with Crippen LogP contribution in [0.5, 0.6) is 0 Å². The molecule has 1 heterocycles. The first-order chi connectivity index (χ1) is 8.47. The SMILES string of the molecule is CCn1ncc(Cl)c1C(O)C1CCCCC1(C)C. The predicted octanol–water partition coefficient (Wildman–Crippen LogP) is 3.81. The Kier molecular flexibility index (Phi) is 4.02. The number of aromatic nitrogens is 2. The first-order valence-electron chi connectivity index (χ1n) is 6.86. The minimum Gasteiger partial charge on any atom is -0.386 e. The van der Waals surface area contributed by atoms with Crippen LogP contribution in [-0.2, 0) is 6.54 Å². The van der Waals surface area contributed by atoms with Gasteiger partial charge < -0.3 is 5.11 Å². The highest BCUT2D eigenvalue weighted by molar-refractivity contribution is 6.31. The van der Waals surface area contributed by atoms with Crippen molar-refractivity contribution in [3.8, 4) is 0 Å². The van der Waals surface area contributed by atoms with Crippen molar-refractivity contribution >= 4 is 11.6 Å². The van der Waals surface area contributed by atoms with E-state index in [1.165, 1.54) is 19.3 Å². The summed E-state index contributed by atoms with van der Waals surface area (Å²) in [4.78, 5) is 0. The van der Waals surface area contributed by atoms with Gasteiger partial charge in [0, 0.05) is 6.54 Å². The van der Waals surface area contributed by atoms with E-state index in [9.17, 15) is 5.11 Å². The number of nitrogens with zero attached hydrogens (tertiary/aromatic N) is 2. The first-order valence-corrected chi connectivity index (χ1v) is 7.24. The van der Waals surface area contributed by atoms with Crippen LogP contribution in [0.4, 0.5) is 0 Å². The van der Waals surface area contributed by atoms with Crippen LogP contribution in [0.25, 0.3) is 0 Å². The lowest BCUT2D eigenvalue weighted by atomic mass is 9.66. The normalized spacial score (nSPS) is 25.1. The van der Waals surface area contributed by atoms with Gasteiger partial charge in [0.15, 0.2) is 0 Å². The van der Waals surface area contributed by atoms with Gasteiger partial charge in [0.2, 0.25) is 0 Å². The summed E-state index contributed by atoms with van der Waals surface area (Å²) in [6, 6.07) is 0. The van der Waals surface area contributed by atoms with E-state index in [0.717, 1.165) is 18.7 Å². The van der Waals surface area contributed by atoms with E-state index in [-0.39, 0.29) is 11.3 Å². The fourth-order valence-electron chi connectivity index (χ4n) is 3.21. The zero-order valence-electron chi connectivity index (χ0n) is 11.5. The molecule has 3 nitrogen and oxygen atoms in total. The van der Waals surface area contributed by atoms with Crippen LogP contribution in [-0.4, -0.2) is 14.9 Å². The van der Waals surface area contributed by atoms with Gasteiger partial charge in [-0.05, 0) is 31.1 Å². The maximum atomic E-state index is 10.7. The first kappa shape index (κ1) is 13.9. The second kappa shape index (κ2) is 5.22. The predicted molar refractivity (Wildman–Crippen MR) is 73.6 cm³/mol. The number of aryl methyl sites for hydroxylation is 1. The molecule has 2 unspecified atom stereocenters. The van der Waals surface area contributed by atoms with Crippen molar-refractivity contribution in [2.75, 3.05) is 0 Å². The second-order valence-electron chi connectivity index (χ2n) is 5.98. The van der Waals surface area contributed by atoms with Crippen LogP contribution in [0.1, 0.15) is 58.3 Å². The molecule has 0 amide bonds. The third-order valence-electron chi connectivity index (χ3n) is 4.38. The maximum absolute atomic E-state index is 10.7. The van der Waals surface area contributed by atoms with Crippen LogP contribution >= 0.6 is 11.6 Å². The summed E-state index contributed by atoms with van der Waals surface area (Å²) < 4.78 is 1.82. The molecule has 1 N–H and O–H groups in total. The van der Waals surface area contributed by atoms with Crippen LogP contribution in [0.15, 0.2) is 6.20 Å². The van der Waals surface area contributed by atoms with E-state index in [1.54, 1.807) is 6.20 Å². The van der Waals surface area contributed by atoms with Gasteiger partial charge in [-0.3, -0.25) is 4.68 Å². The zero-order valence-corrected chi connectivity index (χ0v) is 12.2. The third kappa shape index (κ3) is 2.43. The molecular formula is C14H23ClN2O. The smallest absolute Gasteiger partial charge is 0.100 e. The van der Waals surface area contributed by atoms with Gasteiger partial charge in [0.25, 0.3) is 0 Å². The van der Waals surface area contributed by atoms with Crippen molar-refractivity contribution in [1.82, 2.24) is 9.78 Å². The molecule has 0 radical (unpaired) electrons. The largest absolute Gasteiger partial charge is 0.386 e. The Bertz CT molecular complexity index is 414. The maximum Gasteiger partial charge on any atom is 0.100 e. The van der Waals surface area contributed by atoms with Gasteiger partial charge >= 0.3 is 0 Å². The lowest BCUT2D eigenvalue weighted by Gasteiger charge is -2.41. The fourth-order valence-corrected chi connectivity index (χ4v) is 3.47. The molecule has 18 heavy (non-hydrogen) atoms. The average Bonchev–Trinajstić information content (AvgIpc) is 2.69. The van der Waals surface area contributed by atoms with Crippen LogP contribution in [0.3, 0.4) is 0 Å². The minimum atomic E-state index is -0.504. The third-order valence-corrected chi connectivity index (χ3v) is 4.68. The molecule has 1 fully saturated rings. The molecule has 1 aliphatic carbocycles. The Labute approximate surface area is 114 Å². The molecule has 2 rings (SSSR count).